The van der Waals surface area contributed by atoms with Crippen LogP contribution in [0.1, 0.15) is 50.2 Å². The van der Waals surface area contributed by atoms with Gasteiger partial charge in [0, 0.05) is 11.1 Å². The van der Waals surface area contributed by atoms with E-state index < -0.39 is 17.8 Å². The van der Waals surface area contributed by atoms with E-state index >= 15 is 0 Å². The first-order valence-electron chi connectivity index (χ1n) is 11.6. The number of amides is 4. The Bertz CT molecular complexity index is 1160. The maximum Gasteiger partial charge on any atom is 0.331 e. The van der Waals surface area contributed by atoms with Crippen molar-refractivity contribution in [2.24, 2.45) is 0 Å². The van der Waals surface area contributed by atoms with Crippen LogP contribution in [-0.2, 0) is 16.2 Å². The van der Waals surface area contributed by atoms with E-state index in [2.05, 4.69) is 21.2 Å². The maximum atomic E-state index is 13.2. The number of nitrogens with zero attached hydrogens (tertiary/aromatic N) is 1. The molecule has 9 heteroatoms. The van der Waals surface area contributed by atoms with Crippen LogP contribution >= 0.6 is 27.5 Å². The molecule has 4 amide bonds. The van der Waals surface area contributed by atoms with Crippen LogP contribution in [-0.4, -0.2) is 35.4 Å². The van der Waals surface area contributed by atoms with E-state index in [0.717, 1.165) is 37.7 Å². The molecule has 184 valence electrons. The molecule has 0 radical (unpaired) electrons. The third-order valence-electron chi connectivity index (χ3n) is 6.01. The van der Waals surface area contributed by atoms with Crippen molar-refractivity contribution in [2.45, 2.75) is 51.7 Å². The summed E-state index contributed by atoms with van der Waals surface area (Å²) < 4.78 is 12.4. The Labute approximate surface area is 217 Å². The average molecular weight is 562 g/mol. The minimum Gasteiger partial charge on any atom is -0.490 e. The smallest absolute Gasteiger partial charge is 0.331 e. The Hall–Kier alpha value is -2.84. The number of carbonyl (C=O) groups excluding carboxylic acids is 3. The van der Waals surface area contributed by atoms with Gasteiger partial charge in [0.05, 0.1) is 11.1 Å². The molecule has 35 heavy (non-hydrogen) atoms. The van der Waals surface area contributed by atoms with Crippen LogP contribution < -0.4 is 14.8 Å². The summed E-state index contributed by atoms with van der Waals surface area (Å²) in [5.74, 6) is -0.305. The summed E-state index contributed by atoms with van der Waals surface area (Å²) in [5.41, 5.74) is 1.42. The average Bonchev–Trinajstić information content (AvgIpc) is 2.83. The fourth-order valence-corrected chi connectivity index (χ4v) is 5.02. The van der Waals surface area contributed by atoms with E-state index in [9.17, 15) is 14.4 Å². The monoisotopic (exact) mass is 560 g/mol. The lowest BCUT2D eigenvalue weighted by Gasteiger charge is -2.35. The molecule has 4 rings (SSSR count). The highest BCUT2D eigenvalue weighted by molar-refractivity contribution is 9.10. The minimum absolute atomic E-state index is 0.0839. The number of urea groups is 1. The Morgan fingerprint density at radius 3 is 2.49 bits per heavy atom. The van der Waals surface area contributed by atoms with Crippen LogP contribution in [0.25, 0.3) is 6.08 Å². The van der Waals surface area contributed by atoms with Crippen molar-refractivity contribution in [3.05, 3.63) is 62.6 Å². The Kier molecular flexibility index (Phi) is 8.13. The summed E-state index contributed by atoms with van der Waals surface area (Å²) in [6.07, 6.45) is 5.98. The van der Waals surface area contributed by atoms with Gasteiger partial charge in [0.25, 0.3) is 11.8 Å². The van der Waals surface area contributed by atoms with E-state index in [1.54, 1.807) is 24.3 Å². The van der Waals surface area contributed by atoms with Crippen molar-refractivity contribution in [3.8, 4) is 11.5 Å². The predicted octanol–water partition coefficient (Wildman–Crippen LogP) is 5.87. The fourth-order valence-electron chi connectivity index (χ4n) is 4.32. The van der Waals surface area contributed by atoms with Crippen LogP contribution in [0.5, 0.6) is 11.5 Å². The fraction of sp³-hybridized carbons (Fsp3) is 0.346. The molecule has 2 aliphatic rings. The number of hydrogen-bond acceptors (Lipinski definition) is 5. The van der Waals surface area contributed by atoms with Gasteiger partial charge in [-0.1, -0.05) is 43.0 Å². The van der Waals surface area contributed by atoms with Crippen LogP contribution in [0, 0.1) is 0 Å². The number of rotatable bonds is 7. The van der Waals surface area contributed by atoms with Gasteiger partial charge in [-0.2, -0.15) is 0 Å². The van der Waals surface area contributed by atoms with Gasteiger partial charge < -0.3 is 9.47 Å². The molecule has 1 aliphatic carbocycles. The molecule has 1 saturated heterocycles. The van der Waals surface area contributed by atoms with Crippen molar-refractivity contribution in [3.63, 3.8) is 0 Å². The molecular formula is C26H26BrClN2O5. The van der Waals surface area contributed by atoms with E-state index in [4.69, 9.17) is 21.1 Å². The van der Waals surface area contributed by atoms with E-state index in [-0.39, 0.29) is 11.6 Å². The number of imide groups is 2. The number of ether oxygens (including phenoxy) is 2. The predicted molar refractivity (Wildman–Crippen MR) is 136 cm³/mol. The lowest BCUT2D eigenvalue weighted by atomic mass is 9.93. The van der Waals surface area contributed by atoms with E-state index in [0.29, 0.717) is 39.8 Å². The van der Waals surface area contributed by atoms with Gasteiger partial charge in [0.15, 0.2) is 11.5 Å². The van der Waals surface area contributed by atoms with Crippen LogP contribution in [0.15, 0.2) is 46.4 Å². The Morgan fingerprint density at radius 1 is 1.09 bits per heavy atom. The van der Waals surface area contributed by atoms with Gasteiger partial charge in [0.2, 0.25) is 0 Å². The molecule has 0 bridgehead atoms. The largest absolute Gasteiger partial charge is 0.490 e. The van der Waals surface area contributed by atoms with Gasteiger partial charge in [-0.25, -0.2) is 4.79 Å². The first kappa shape index (κ1) is 25.3. The van der Waals surface area contributed by atoms with Crippen molar-refractivity contribution >= 4 is 51.5 Å². The zero-order chi connectivity index (χ0) is 24.9. The second-order valence-electron chi connectivity index (χ2n) is 8.46. The number of halogens is 2. The van der Waals surface area contributed by atoms with Gasteiger partial charge >= 0.3 is 6.03 Å². The Morgan fingerprint density at radius 2 is 1.80 bits per heavy atom. The van der Waals surface area contributed by atoms with E-state index in [1.807, 2.05) is 19.1 Å². The number of benzene rings is 2. The summed E-state index contributed by atoms with van der Waals surface area (Å²) in [4.78, 5) is 39.4. The zero-order valence-corrected chi connectivity index (χ0v) is 21.7. The van der Waals surface area contributed by atoms with Gasteiger partial charge in [-0.15, -0.1) is 0 Å². The molecule has 0 aromatic heterocycles. The van der Waals surface area contributed by atoms with Gasteiger partial charge in [0.1, 0.15) is 12.2 Å². The van der Waals surface area contributed by atoms with Crippen LogP contribution in [0.3, 0.4) is 0 Å². The zero-order valence-electron chi connectivity index (χ0n) is 19.3. The van der Waals surface area contributed by atoms with Crippen molar-refractivity contribution in [1.29, 1.82) is 0 Å². The summed E-state index contributed by atoms with van der Waals surface area (Å²) in [6.45, 7) is 2.55. The topological polar surface area (TPSA) is 84.9 Å². The first-order chi connectivity index (χ1) is 16.9. The van der Waals surface area contributed by atoms with Gasteiger partial charge in [-0.3, -0.25) is 19.8 Å². The minimum atomic E-state index is -0.704. The molecule has 1 saturated carbocycles. The first-order valence-corrected chi connectivity index (χ1v) is 12.8. The highest BCUT2D eigenvalue weighted by Gasteiger charge is 2.40. The quantitative estimate of drug-likeness (QED) is 0.337. The molecule has 7 nitrogen and oxygen atoms in total. The van der Waals surface area contributed by atoms with Crippen LogP contribution in [0.2, 0.25) is 5.02 Å². The van der Waals surface area contributed by atoms with Gasteiger partial charge in [-0.05, 0) is 77.2 Å². The van der Waals surface area contributed by atoms with Crippen LogP contribution in [0.4, 0.5) is 4.79 Å². The summed E-state index contributed by atoms with van der Waals surface area (Å²) in [7, 11) is 0. The third kappa shape index (κ3) is 5.87. The Balaban J connectivity index is 1.61. The highest BCUT2D eigenvalue weighted by atomic mass is 79.9. The summed E-state index contributed by atoms with van der Waals surface area (Å²) >= 11 is 9.48. The number of hydrogen-bond donors (Lipinski definition) is 1. The molecular weight excluding hydrogens is 536 g/mol. The standard InChI is InChI=1S/C26H26BrClN2O5/c1-2-34-22-14-17(13-21(27)23(22)35-15-16-8-10-18(28)11-9-16)12-20-24(31)29-26(33)30(25(20)32)19-6-4-3-5-7-19/h8-14,19H,2-7,15H2,1H3,(H,29,31,33). The number of carbonyl (C=O) groups is 3. The molecule has 0 spiro atoms. The van der Waals surface area contributed by atoms with Crippen molar-refractivity contribution in [2.75, 3.05) is 6.61 Å². The molecule has 1 heterocycles. The third-order valence-corrected chi connectivity index (χ3v) is 6.85. The van der Waals surface area contributed by atoms with Crippen molar-refractivity contribution in [1.82, 2.24) is 10.2 Å². The molecule has 1 aliphatic heterocycles. The molecule has 2 fully saturated rings. The molecule has 1 N–H and O–H groups in total. The highest BCUT2D eigenvalue weighted by Crippen LogP contribution is 2.38. The molecule has 0 atom stereocenters. The normalized spacial score (nSPS) is 18.1. The summed E-state index contributed by atoms with van der Waals surface area (Å²) in [6, 6.07) is 9.95. The summed E-state index contributed by atoms with van der Waals surface area (Å²) in [5, 5.41) is 2.96. The lowest BCUT2D eigenvalue weighted by molar-refractivity contribution is -0.132. The maximum absolute atomic E-state index is 13.2. The molecule has 2 aromatic carbocycles. The van der Waals surface area contributed by atoms with E-state index in [1.165, 1.54) is 11.0 Å². The second kappa shape index (κ2) is 11.3. The number of barbiturate groups is 1. The van der Waals surface area contributed by atoms with Crippen molar-refractivity contribution < 1.29 is 23.9 Å². The molecule has 0 unspecified atom stereocenters. The lowest BCUT2D eigenvalue weighted by Crippen LogP contribution is -2.58. The number of nitrogens with one attached hydrogen (secondary N) is 1. The second-order valence-corrected chi connectivity index (χ2v) is 9.75. The SMILES string of the molecule is CCOc1cc(C=C2C(=O)NC(=O)N(C3CCCCC3)C2=O)cc(Br)c1OCc1ccc(Cl)cc1. The molecule has 2 aromatic rings.